The van der Waals surface area contributed by atoms with Gasteiger partial charge >= 0.3 is 5.97 Å². The summed E-state index contributed by atoms with van der Waals surface area (Å²) in [5.74, 6) is -0.335. The number of aliphatic hydroxyl groups is 1. The van der Waals surface area contributed by atoms with E-state index in [-0.39, 0.29) is 5.56 Å². The van der Waals surface area contributed by atoms with Gasteiger partial charge in [-0.15, -0.1) is 11.3 Å². The van der Waals surface area contributed by atoms with E-state index in [1.165, 1.54) is 35.2 Å². The highest BCUT2D eigenvalue weighted by Gasteiger charge is 2.34. The van der Waals surface area contributed by atoms with Gasteiger partial charge in [0.25, 0.3) is 0 Å². The number of thiazole rings is 1. The Morgan fingerprint density at radius 2 is 1.86 bits per heavy atom. The second-order valence-corrected chi connectivity index (χ2v) is 10.6. The summed E-state index contributed by atoms with van der Waals surface area (Å²) in [5.41, 5.74) is 0.719. The zero-order chi connectivity index (χ0) is 20.9. The maximum absolute atomic E-state index is 10.8. The lowest BCUT2D eigenvalue weighted by atomic mass is 10.1. The lowest BCUT2D eigenvalue weighted by Gasteiger charge is -2.33. The number of aromatic nitrogens is 1. The van der Waals surface area contributed by atoms with Crippen LogP contribution in [0.4, 0.5) is 0 Å². The van der Waals surface area contributed by atoms with Crippen LogP contribution in [0.25, 0.3) is 0 Å². The average molecular weight is 426 g/mol. The fraction of sp³-hybridized carbons (Fsp3) is 0.500. The first-order valence-corrected chi connectivity index (χ1v) is 10.6. The molecular formula is C20H27NO5S2. The number of aromatic carboxylic acids is 1. The number of aliphatic hydroxyl groups excluding tert-OH is 1. The minimum absolute atomic E-state index is 0.230. The molecule has 1 heterocycles. The molecule has 0 bridgehead atoms. The van der Waals surface area contributed by atoms with Crippen molar-refractivity contribution in [3.05, 3.63) is 40.9 Å². The molecule has 6 nitrogen and oxygen atoms in total. The smallest absolute Gasteiger partial charge is 0.335 e. The fourth-order valence-electron chi connectivity index (χ4n) is 2.17. The molecule has 1 aromatic carbocycles. The number of nitrogens with zero attached hydrogens (tertiary/aromatic N) is 1. The molecule has 0 saturated carbocycles. The summed E-state index contributed by atoms with van der Waals surface area (Å²) >= 11 is 3.01. The van der Waals surface area contributed by atoms with Gasteiger partial charge in [0.2, 0.25) is 0 Å². The molecule has 0 amide bonds. The van der Waals surface area contributed by atoms with Gasteiger partial charge < -0.3 is 19.7 Å². The van der Waals surface area contributed by atoms with Crippen LogP contribution in [-0.2, 0) is 11.2 Å². The minimum atomic E-state index is -0.958. The summed E-state index contributed by atoms with van der Waals surface area (Å²) in [6, 6.07) is 6.32. The van der Waals surface area contributed by atoms with Crippen LogP contribution in [-0.4, -0.2) is 44.4 Å². The van der Waals surface area contributed by atoms with Crippen LogP contribution in [0.3, 0.4) is 0 Å². The van der Waals surface area contributed by atoms with Crippen molar-refractivity contribution >= 4 is 29.1 Å². The molecule has 0 radical (unpaired) electrons. The molecule has 0 fully saturated rings. The summed E-state index contributed by atoms with van der Waals surface area (Å²) in [6.07, 6.45) is -0.277. The summed E-state index contributed by atoms with van der Waals surface area (Å²) < 4.78 is 11.7. The lowest BCUT2D eigenvalue weighted by Crippen LogP contribution is -2.40. The third-order valence-electron chi connectivity index (χ3n) is 3.67. The second kappa shape index (κ2) is 9.26. The summed E-state index contributed by atoms with van der Waals surface area (Å²) in [6.45, 7) is 10.0. The SMILES string of the molecule is CC(C)(C)OC(O)C(C)(C)Sc1nc(CCOc2ccc(C(=O)O)cc2)cs1. The van der Waals surface area contributed by atoms with E-state index < -0.39 is 22.6 Å². The normalized spacial score (nSPS) is 13.4. The number of carboxylic acid groups (broad SMARTS) is 1. The maximum atomic E-state index is 10.8. The standard InChI is InChI=1S/C20H27NO5S2/c1-19(2,3)26-17(24)20(4,5)28-18-21-14(12-27-18)10-11-25-15-8-6-13(7-9-15)16(22)23/h6-9,12,17,24H,10-11H2,1-5H3,(H,22,23). The first kappa shape index (κ1) is 22.7. The van der Waals surface area contributed by atoms with Crippen molar-refractivity contribution in [3.63, 3.8) is 0 Å². The third-order valence-corrected chi connectivity index (χ3v) is 5.88. The molecule has 2 rings (SSSR count). The monoisotopic (exact) mass is 425 g/mol. The van der Waals surface area contributed by atoms with Crippen LogP contribution >= 0.6 is 23.1 Å². The van der Waals surface area contributed by atoms with Gasteiger partial charge in [-0.2, -0.15) is 0 Å². The van der Waals surface area contributed by atoms with Gasteiger partial charge in [0, 0.05) is 11.8 Å². The molecule has 1 unspecified atom stereocenters. The van der Waals surface area contributed by atoms with Crippen LogP contribution < -0.4 is 4.74 Å². The minimum Gasteiger partial charge on any atom is -0.493 e. The number of carboxylic acids is 1. The lowest BCUT2D eigenvalue weighted by molar-refractivity contribution is -0.177. The molecule has 0 spiro atoms. The first-order valence-electron chi connectivity index (χ1n) is 8.92. The Labute approximate surface area is 173 Å². The van der Waals surface area contributed by atoms with Gasteiger partial charge in [-0.1, -0.05) is 11.8 Å². The van der Waals surface area contributed by atoms with E-state index in [4.69, 9.17) is 14.6 Å². The van der Waals surface area contributed by atoms with E-state index >= 15 is 0 Å². The summed E-state index contributed by atoms with van der Waals surface area (Å²) in [4.78, 5) is 15.4. The maximum Gasteiger partial charge on any atom is 0.335 e. The predicted octanol–water partition coefficient (Wildman–Crippen LogP) is 4.47. The van der Waals surface area contributed by atoms with Crippen molar-refractivity contribution in [3.8, 4) is 5.75 Å². The van der Waals surface area contributed by atoms with Crippen LogP contribution in [0.2, 0.25) is 0 Å². The number of ether oxygens (including phenoxy) is 2. The topological polar surface area (TPSA) is 88.9 Å². The van der Waals surface area contributed by atoms with Gasteiger partial charge in [0.1, 0.15) is 5.75 Å². The highest BCUT2D eigenvalue weighted by atomic mass is 32.2. The van der Waals surface area contributed by atoms with Crippen LogP contribution in [0.5, 0.6) is 5.75 Å². The highest BCUT2D eigenvalue weighted by Crippen LogP contribution is 2.38. The Morgan fingerprint density at radius 1 is 1.21 bits per heavy atom. The van der Waals surface area contributed by atoms with Gasteiger partial charge in [-0.05, 0) is 58.9 Å². The van der Waals surface area contributed by atoms with Crippen LogP contribution in [0.15, 0.2) is 34.0 Å². The summed E-state index contributed by atoms with van der Waals surface area (Å²) in [5, 5.41) is 21.3. The molecule has 0 aliphatic carbocycles. The summed E-state index contributed by atoms with van der Waals surface area (Å²) in [7, 11) is 0. The average Bonchev–Trinajstić information content (AvgIpc) is 3.00. The fourth-order valence-corrected chi connectivity index (χ4v) is 4.49. The molecule has 1 atom stereocenters. The quantitative estimate of drug-likeness (QED) is 0.453. The van der Waals surface area contributed by atoms with Crippen LogP contribution in [0.1, 0.15) is 50.7 Å². The Kier molecular flexibility index (Phi) is 7.50. The number of carbonyl (C=O) groups is 1. The van der Waals surface area contributed by atoms with Crippen molar-refractivity contribution in [2.75, 3.05) is 6.61 Å². The van der Waals surface area contributed by atoms with E-state index in [9.17, 15) is 9.90 Å². The van der Waals surface area contributed by atoms with Crippen molar-refractivity contribution in [1.29, 1.82) is 0 Å². The second-order valence-electron chi connectivity index (χ2n) is 7.82. The number of hydrogen-bond acceptors (Lipinski definition) is 7. The molecule has 0 aliphatic rings. The van der Waals surface area contributed by atoms with E-state index in [1.54, 1.807) is 12.1 Å². The van der Waals surface area contributed by atoms with Crippen LogP contribution in [0, 0.1) is 0 Å². The first-order chi connectivity index (χ1) is 13.0. The molecule has 154 valence electrons. The van der Waals surface area contributed by atoms with E-state index in [2.05, 4.69) is 4.98 Å². The Balaban J connectivity index is 1.85. The molecule has 0 aliphatic heterocycles. The number of thioether (sulfide) groups is 1. The van der Waals surface area contributed by atoms with E-state index in [0.29, 0.717) is 18.8 Å². The van der Waals surface area contributed by atoms with Crippen molar-refractivity contribution in [1.82, 2.24) is 4.98 Å². The number of hydrogen-bond donors (Lipinski definition) is 2. The molecule has 2 N–H and O–H groups in total. The highest BCUT2D eigenvalue weighted by molar-refractivity contribution is 8.02. The zero-order valence-corrected chi connectivity index (χ0v) is 18.4. The Morgan fingerprint density at radius 3 is 2.43 bits per heavy atom. The number of rotatable bonds is 9. The molecule has 0 saturated heterocycles. The van der Waals surface area contributed by atoms with Crippen molar-refractivity contribution < 1.29 is 24.5 Å². The predicted molar refractivity (Wildman–Crippen MR) is 111 cm³/mol. The molecule has 28 heavy (non-hydrogen) atoms. The van der Waals surface area contributed by atoms with E-state index in [1.807, 2.05) is 40.0 Å². The zero-order valence-electron chi connectivity index (χ0n) is 16.8. The Hall–Kier alpha value is -1.61. The largest absolute Gasteiger partial charge is 0.493 e. The van der Waals surface area contributed by atoms with Gasteiger partial charge in [-0.25, -0.2) is 9.78 Å². The van der Waals surface area contributed by atoms with Gasteiger partial charge in [-0.3, -0.25) is 0 Å². The molecule has 2 aromatic rings. The molecular weight excluding hydrogens is 398 g/mol. The molecule has 8 heteroatoms. The van der Waals surface area contributed by atoms with E-state index in [0.717, 1.165) is 10.0 Å². The van der Waals surface area contributed by atoms with Gasteiger partial charge in [0.15, 0.2) is 10.6 Å². The third kappa shape index (κ3) is 7.09. The number of benzene rings is 1. The van der Waals surface area contributed by atoms with Crippen molar-refractivity contribution in [2.45, 2.75) is 62.0 Å². The van der Waals surface area contributed by atoms with Crippen molar-refractivity contribution in [2.24, 2.45) is 0 Å². The Bertz CT molecular complexity index is 781. The van der Waals surface area contributed by atoms with Gasteiger partial charge in [0.05, 0.1) is 28.2 Å². The molecule has 1 aromatic heterocycles.